The predicted molar refractivity (Wildman–Crippen MR) is 65.4 cm³/mol. The largest absolute Gasteiger partial charge is 0.357 e. The van der Waals surface area contributed by atoms with Crippen LogP contribution in [0.25, 0.3) is 0 Å². The molecule has 1 unspecified atom stereocenters. The van der Waals surface area contributed by atoms with Crippen LogP contribution in [0.2, 0.25) is 0 Å². The van der Waals surface area contributed by atoms with E-state index in [-0.39, 0.29) is 0 Å². The highest BCUT2D eigenvalue weighted by Crippen LogP contribution is 2.14. The topological polar surface area (TPSA) is 37.8 Å². The molecule has 0 aliphatic rings. The van der Waals surface area contributed by atoms with Gasteiger partial charge in [0.25, 0.3) is 0 Å². The molecule has 3 nitrogen and oxygen atoms in total. The molecule has 1 aromatic rings. The SMILES string of the molecule is CCSCC(C)Nc1nc(CC)ns1. The first-order valence-corrected chi connectivity index (χ1v) is 6.86. The Morgan fingerprint density at radius 1 is 1.50 bits per heavy atom. The molecule has 1 aromatic heterocycles. The summed E-state index contributed by atoms with van der Waals surface area (Å²) in [6.45, 7) is 6.43. The molecule has 80 valence electrons. The highest BCUT2D eigenvalue weighted by atomic mass is 32.2. The Morgan fingerprint density at radius 3 is 2.86 bits per heavy atom. The van der Waals surface area contributed by atoms with Gasteiger partial charge >= 0.3 is 0 Å². The lowest BCUT2D eigenvalue weighted by Gasteiger charge is -2.10. The Kier molecular flexibility index (Phi) is 5.25. The maximum atomic E-state index is 4.36. The minimum atomic E-state index is 0.470. The van der Waals surface area contributed by atoms with E-state index in [2.05, 4.69) is 35.4 Å². The Hall–Kier alpha value is -0.290. The van der Waals surface area contributed by atoms with Crippen molar-refractivity contribution >= 4 is 28.4 Å². The smallest absolute Gasteiger partial charge is 0.202 e. The monoisotopic (exact) mass is 231 g/mol. The fourth-order valence-electron chi connectivity index (χ4n) is 1.00. The van der Waals surface area contributed by atoms with Gasteiger partial charge in [0.1, 0.15) is 5.82 Å². The van der Waals surface area contributed by atoms with Gasteiger partial charge in [0.15, 0.2) is 0 Å². The van der Waals surface area contributed by atoms with E-state index in [4.69, 9.17) is 0 Å². The fraction of sp³-hybridized carbons (Fsp3) is 0.778. The summed E-state index contributed by atoms with van der Waals surface area (Å²) in [6.07, 6.45) is 0.913. The molecule has 1 heterocycles. The summed E-state index contributed by atoms with van der Waals surface area (Å²) in [6, 6.07) is 0.470. The lowest BCUT2D eigenvalue weighted by Crippen LogP contribution is -2.17. The number of nitrogens with zero attached hydrogens (tertiary/aromatic N) is 2. The zero-order valence-electron chi connectivity index (χ0n) is 8.91. The molecule has 0 aromatic carbocycles. The minimum Gasteiger partial charge on any atom is -0.357 e. The number of aromatic nitrogens is 2. The van der Waals surface area contributed by atoms with Crippen LogP contribution in [0.1, 0.15) is 26.6 Å². The van der Waals surface area contributed by atoms with E-state index < -0.39 is 0 Å². The van der Waals surface area contributed by atoms with E-state index in [0.717, 1.165) is 23.1 Å². The number of hydrogen-bond acceptors (Lipinski definition) is 5. The molecule has 1 atom stereocenters. The lowest BCUT2D eigenvalue weighted by atomic mass is 10.4. The molecular weight excluding hydrogens is 214 g/mol. The molecule has 1 N–H and O–H groups in total. The maximum absolute atomic E-state index is 4.36. The van der Waals surface area contributed by atoms with Gasteiger partial charge < -0.3 is 5.32 Å². The summed E-state index contributed by atoms with van der Waals surface area (Å²) in [5, 5.41) is 4.31. The van der Waals surface area contributed by atoms with E-state index in [1.54, 1.807) is 0 Å². The molecule has 0 saturated carbocycles. The van der Waals surface area contributed by atoms with E-state index in [9.17, 15) is 0 Å². The van der Waals surface area contributed by atoms with Crippen LogP contribution in [-0.4, -0.2) is 26.9 Å². The van der Waals surface area contributed by atoms with Crippen LogP contribution in [-0.2, 0) is 6.42 Å². The Labute approximate surface area is 93.9 Å². The van der Waals surface area contributed by atoms with Crippen molar-refractivity contribution in [2.75, 3.05) is 16.8 Å². The Morgan fingerprint density at radius 2 is 2.29 bits per heavy atom. The van der Waals surface area contributed by atoms with E-state index in [1.165, 1.54) is 17.3 Å². The second kappa shape index (κ2) is 6.24. The van der Waals surface area contributed by atoms with Gasteiger partial charge in [-0.15, -0.1) is 0 Å². The van der Waals surface area contributed by atoms with Crippen LogP contribution in [0.4, 0.5) is 5.13 Å². The van der Waals surface area contributed by atoms with Gasteiger partial charge in [-0.2, -0.15) is 16.1 Å². The lowest BCUT2D eigenvalue weighted by molar-refractivity contribution is 0.902. The van der Waals surface area contributed by atoms with Crippen LogP contribution in [0.5, 0.6) is 0 Å². The molecule has 0 spiro atoms. The second-order valence-corrected chi connectivity index (χ2v) is 5.14. The zero-order chi connectivity index (χ0) is 10.4. The quantitative estimate of drug-likeness (QED) is 0.817. The Bertz CT molecular complexity index is 262. The van der Waals surface area contributed by atoms with E-state index in [0.29, 0.717) is 6.04 Å². The summed E-state index contributed by atoms with van der Waals surface area (Å²) in [4.78, 5) is 4.36. The van der Waals surface area contributed by atoms with Gasteiger partial charge in [0, 0.05) is 29.7 Å². The van der Waals surface area contributed by atoms with Gasteiger partial charge in [-0.1, -0.05) is 13.8 Å². The standard InChI is InChI=1S/C9H17N3S2/c1-4-8-11-9(14-12-8)10-7(3)6-13-5-2/h7H,4-6H2,1-3H3,(H,10,11,12). The Balaban J connectivity index is 2.35. The zero-order valence-corrected chi connectivity index (χ0v) is 10.5. The molecule has 0 radical (unpaired) electrons. The first kappa shape index (κ1) is 11.8. The summed E-state index contributed by atoms with van der Waals surface area (Å²) >= 11 is 3.40. The average Bonchev–Trinajstić information content (AvgIpc) is 2.62. The minimum absolute atomic E-state index is 0.470. The number of aryl methyl sites for hydroxylation is 1. The van der Waals surface area contributed by atoms with Gasteiger partial charge in [-0.25, -0.2) is 4.98 Å². The molecule has 14 heavy (non-hydrogen) atoms. The first-order valence-electron chi connectivity index (χ1n) is 4.93. The van der Waals surface area contributed by atoms with Crippen molar-refractivity contribution in [3.05, 3.63) is 5.82 Å². The molecule has 0 aliphatic heterocycles. The summed E-state index contributed by atoms with van der Waals surface area (Å²) in [5.74, 6) is 3.23. The molecule has 5 heteroatoms. The van der Waals surface area contributed by atoms with Crippen molar-refractivity contribution in [1.82, 2.24) is 9.36 Å². The summed E-state index contributed by atoms with van der Waals surface area (Å²) in [7, 11) is 0. The van der Waals surface area contributed by atoms with Crippen molar-refractivity contribution in [2.45, 2.75) is 33.2 Å². The summed E-state index contributed by atoms with van der Waals surface area (Å²) < 4.78 is 4.23. The van der Waals surface area contributed by atoms with Crippen molar-refractivity contribution < 1.29 is 0 Å². The number of nitrogens with one attached hydrogen (secondary N) is 1. The van der Waals surface area contributed by atoms with Gasteiger partial charge in [-0.3, -0.25) is 0 Å². The normalized spacial score (nSPS) is 12.8. The van der Waals surface area contributed by atoms with Gasteiger partial charge in [-0.05, 0) is 12.7 Å². The van der Waals surface area contributed by atoms with Crippen molar-refractivity contribution in [2.24, 2.45) is 0 Å². The molecular formula is C9H17N3S2. The third-order valence-electron chi connectivity index (χ3n) is 1.73. The first-order chi connectivity index (χ1) is 6.76. The van der Waals surface area contributed by atoms with E-state index in [1.807, 2.05) is 11.8 Å². The summed E-state index contributed by atoms with van der Waals surface area (Å²) in [5.41, 5.74) is 0. The van der Waals surface area contributed by atoms with Crippen LogP contribution in [0.3, 0.4) is 0 Å². The molecule has 0 amide bonds. The molecule has 0 fully saturated rings. The molecule has 1 rings (SSSR count). The second-order valence-electron chi connectivity index (χ2n) is 3.07. The van der Waals surface area contributed by atoms with Crippen molar-refractivity contribution in [1.29, 1.82) is 0 Å². The third kappa shape index (κ3) is 3.84. The average molecular weight is 231 g/mol. The number of anilines is 1. The van der Waals surface area contributed by atoms with Crippen LogP contribution < -0.4 is 5.32 Å². The van der Waals surface area contributed by atoms with Crippen molar-refractivity contribution in [3.8, 4) is 0 Å². The fourth-order valence-corrected chi connectivity index (χ4v) is 2.44. The van der Waals surface area contributed by atoms with Gasteiger partial charge in [0.05, 0.1) is 0 Å². The number of thioether (sulfide) groups is 1. The van der Waals surface area contributed by atoms with E-state index >= 15 is 0 Å². The van der Waals surface area contributed by atoms with Crippen LogP contribution in [0.15, 0.2) is 0 Å². The maximum Gasteiger partial charge on any atom is 0.202 e. The third-order valence-corrected chi connectivity index (χ3v) is 3.55. The number of rotatable bonds is 6. The highest BCUT2D eigenvalue weighted by molar-refractivity contribution is 7.99. The number of hydrogen-bond donors (Lipinski definition) is 1. The predicted octanol–water partition coefficient (Wildman–Crippen LogP) is 2.65. The van der Waals surface area contributed by atoms with Crippen molar-refractivity contribution in [3.63, 3.8) is 0 Å². The molecule has 0 bridgehead atoms. The van der Waals surface area contributed by atoms with Crippen LogP contribution in [0, 0.1) is 0 Å². The molecule has 0 saturated heterocycles. The highest BCUT2D eigenvalue weighted by Gasteiger charge is 2.05. The van der Waals surface area contributed by atoms with Gasteiger partial charge in [0.2, 0.25) is 5.13 Å². The van der Waals surface area contributed by atoms with Crippen LogP contribution >= 0.6 is 23.3 Å². The molecule has 0 aliphatic carbocycles.